The summed E-state index contributed by atoms with van der Waals surface area (Å²) in [6, 6.07) is 15.6. The molecule has 2 aromatic carbocycles. The smallest absolute Gasteiger partial charge is 0.226 e. The van der Waals surface area contributed by atoms with Crippen LogP contribution in [0.1, 0.15) is 19.3 Å². The van der Waals surface area contributed by atoms with Gasteiger partial charge in [-0.15, -0.1) is 12.4 Å². The number of amides is 1. The van der Waals surface area contributed by atoms with Crippen molar-refractivity contribution in [1.82, 2.24) is 14.9 Å². The second kappa shape index (κ2) is 9.08. The number of hydrogen-bond donors (Lipinski definition) is 2. The molecule has 1 aliphatic rings. The summed E-state index contributed by atoms with van der Waals surface area (Å²) in [5, 5.41) is 6.36. The molecule has 4 rings (SSSR count). The van der Waals surface area contributed by atoms with Crippen LogP contribution in [0.5, 0.6) is 5.75 Å². The van der Waals surface area contributed by atoms with Crippen LogP contribution in [0.25, 0.3) is 16.7 Å². The fourth-order valence-electron chi connectivity index (χ4n) is 3.60. The number of hydrogen-bond acceptors (Lipinski definition) is 4. The molecule has 28 heavy (non-hydrogen) atoms. The Bertz CT molecular complexity index is 950. The van der Waals surface area contributed by atoms with E-state index in [0.29, 0.717) is 18.3 Å². The van der Waals surface area contributed by atoms with Gasteiger partial charge in [0.25, 0.3) is 0 Å². The van der Waals surface area contributed by atoms with Crippen molar-refractivity contribution in [2.75, 3.05) is 25.5 Å². The molecule has 0 spiro atoms. The van der Waals surface area contributed by atoms with Gasteiger partial charge in [0.2, 0.25) is 11.9 Å². The largest absolute Gasteiger partial charge is 0.497 e. The molecule has 1 amide bonds. The molecule has 2 heterocycles. The molecule has 1 atom stereocenters. The van der Waals surface area contributed by atoms with Gasteiger partial charge in [0.1, 0.15) is 5.75 Å². The lowest BCUT2D eigenvalue weighted by Crippen LogP contribution is -2.17. The van der Waals surface area contributed by atoms with E-state index in [1.54, 1.807) is 7.11 Å². The molecule has 3 aromatic rings. The van der Waals surface area contributed by atoms with Crippen LogP contribution in [-0.2, 0) is 4.79 Å². The number of fused-ring (bicyclic) bond motifs is 1. The van der Waals surface area contributed by atoms with Crippen molar-refractivity contribution in [3.05, 3.63) is 48.5 Å². The second-order valence-corrected chi connectivity index (χ2v) is 6.91. The summed E-state index contributed by atoms with van der Waals surface area (Å²) < 4.78 is 7.32. The number of ether oxygens (including phenoxy) is 1. The number of anilines is 1. The van der Waals surface area contributed by atoms with Crippen molar-refractivity contribution in [3.63, 3.8) is 0 Å². The predicted molar refractivity (Wildman–Crippen MR) is 114 cm³/mol. The number of nitrogens with one attached hydrogen (secondary N) is 2. The molecule has 2 N–H and O–H groups in total. The fraction of sp³-hybridized carbons (Fsp3) is 0.333. The third kappa shape index (κ3) is 4.29. The lowest BCUT2D eigenvalue weighted by atomic mass is 10.0. The summed E-state index contributed by atoms with van der Waals surface area (Å²) in [5.41, 5.74) is 2.69. The van der Waals surface area contributed by atoms with E-state index < -0.39 is 0 Å². The third-order valence-electron chi connectivity index (χ3n) is 5.07. The number of methoxy groups -OCH3 is 1. The van der Waals surface area contributed by atoms with Gasteiger partial charge in [-0.3, -0.25) is 14.7 Å². The summed E-state index contributed by atoms with van der Waals surface area (Å²) in [7, 11) is 1.64. The number of para-hydroxylation sites is 2. The van der Waals surface area contributed by atoms with Gasteiger partial charge in [-0.1, -0.05) is 18.2 Å². The van der Waals surface area contributed by atoms with E-state index in [2.05, 4.69) is 15.6 Å². The molecule has 1 fully saturated rings. The van der Waals surface area contributed by atoms with Gasteiger partial charge in [-0.2, -0.15) is 0 Å². The van der Waals surface area contributed by atoms with Crippen LogP contribution in [0.3, 0.4) is 0 Å². The maximum Gasteiger partial charge on any atom is 0.226 e. The molecular formula is C21H25ClN4O2. The highest BCUT2D eigenvalue weighted by Crippen LogP contribution is 2.27. The Morgan fingerprint density at radius 2 is 2.14 bits per heavy atom. The van der Waals surface area contributed by atoms with E-state index in [1.807, 2.05) is 53.1 Å². The van der Waals surface area contributed by atoms with Crippen molar-refractivity contribution in [2.24, 2.45) is 5.92 Å². The van der Waals surface area contributed by atoms with Crippen molar-refractivity contribution < 1.29 is 9.53 Å². The standard InChI is InChI=1S/C21H24N4O2.ClH/c1-27-17-6-4-5-16(13-17)25-19-8-3-2-7-18(19)23-21(25)24-20(26)10-9-15-11-12-22-14-15;/h2-8,13,15,22H,9-12,14H2,1H3,(H,23,24,26);1H. The Hall–Kier alpha value is -2.57. The first-order chi connectivity index (χ1) is 13.2. The SMILES string of the molecule is COc1cccc(-n2c(NC(=O)CCC3CCNC3)nc3ccccc32)c1.Cl. The molecule has 0 aliphatic carbocycles. The van der Waals surface area contributed by atoms with E-state index in [9.17, 15) is 4.79 Å². The van der Waals surface area contributed by atoms with Crippen LogP contribution in [0.2, 0.25) is 0 Å². The lowest BCUT2D eigenvalue weighted by Gasteiger charge is -2.12. The minimum atomic E-state index is 0. The zero-order chi connectivity index (χ0) is 18.6. The number of rotatable bonds is 6. The third-order valence-corrected chi connectivity index (χ3v) is 5.07. The van der Waals surface area contributed by atoms with Crippen LogP contribution < -0.4 is 15.4 Å². The Morgan fingerprint density at radius 1 is 1.29 bits per heavy atom. The van der Waals surface area contributed by atoms with Gasteiger partial charge < -0.3 is 10.1 Å². The highest BCUT2D eigenvalue weighted by Gasteiger charge is 2.18. The highest BCUT2D eigenvalue weighted by molar-refractivity contribution is 5.92. The fourth-order valence-corrected chi connectivity index (χ4v) is 3.60. The van der Waals surface area contributed by atoms with Crippen LogP contribution in [0.4, 0.5) is 5.95 Å². The maximum absolute atomic E-state index is 12.5. The van der Waals surface area contributed by atoms with E-state index in [0.717, 1.165) is 48.4 Å². The molecule has 1 unspecified atom stereocenters. The number of imidazole rings is 1. The first-order valence-corrected chi connectivity index (χ1v) is 9.37. The maximum atomic E-state index is 12.5. The summed E-state index contributed by atoms with van der Waals surface area (Å²) in [4.78, 5) is 17.2. The zero-order valence-electron chi connectivity index (χ0n) is 15.9. The average Bonchev–Trinajstić information content (AvgIpc) is 3.33. The average molecular weight is 401 g/mol. The predicted octanol–water partition coefficient (Wildman–Crippen LogP) is 3.78. The number of carbonyl (C=O) groups excluding carboxylic acids is 1. The van der Waals surface area contributed by atoms with E-state index in [-0.39, 0.29) is 18.3 Å². The molecule has 0 bridgehead atoms. The van der Waals surface area contributed by atoms with Gasteiger partial charge in [0, 0.05) is 12.5 Å². The second-order valence-electron chi connectivity index (χ2n) is 6.91. The van der Waals surface area contributed by atoms with Crippen LogP contribution in [0.15, 0.2) is 48.5 Å². The normalized spacial score (nSPS) is 16.0. The van der Waals surface area contributed by atoms with Crippen molar-refractivity contribution in [3.8, 4) is 11.4 Å². The minimum absolute atomic E-state index is 0. The minimum Gasteiger partial charge on any atom is -0.497 e. The summed E-state index contributed by atoms with van der Waals surface area (Å²) >= 11 is 0. The summed E-state index contributed by atoms with van der Waals surface area (Å²) in [5.74, 6) is 1.89. The highest BCUT2D eigenvalue weighted by atomic mass is 35.5. The Labute approximate surface area is 170 Å². The monoisotopic (exact) mass is 400 g/mol. The molecule has 1 saturated heterocycles. The van der Waals surface area contributed by atoms with Gasteiger partial charge in [-0.05, 0) is 56.1 Å². The molecule has 1 aromatic heterocycles. The van der Waals surface area contributed by atoms with E-state index in [4.69, 9.17) is 4.74 Å². The molecular weight excluding hydrogens is 376 g/mol. The van der Waals surface area contributed by atoms with Crippen LogP contribution >= 0.6 is 12.4 Å². The van der Waals surface area contributed by atoms with Crippen LogP contribution in [-0.4, -0.2) is 35.7 Å². The zero-order valence-corrected chi connectivity index (χ0v) is 16.7. The molecule has 6 nitrogen and oxygen atoms in total. The van der Waals surface area contributed by atoms with E-state index >= 15 is 0 Å². The van der Waals surface area contributed by atoms with Gasteiger partial charge in [0.15, 0.2) is 0 Å². The number of nitrogens with zero attached hydrogens (tertiary/aromatic N) is 2. The van der Waals surface area contributed by atoms with E-state index in [1.165, 1.54) is 0 Å². The van der Waals surface area contributed by atoms with Gasteiger partial charge in [0.05, 0.1) is 23.8 Å². The molecule has 1 aliphatic heterocycles. The van der Waals surface area contributed by atoms with Crippen molar-refractivity contribution in [1.29, 1.82) is 0 Å². The molecule has 7 heteroatoms. The number of halogens is 1. The molecule has 0 saturated carbocycles. The van der Waals surface area contributed by atoms with Crippen molar-refractivity contribution >= 4 is 35.3 Å². The van der Waals surface area contributed by atoms with Gasteiger partial charge >= 0.3 is 0 Å². The first-order valence-electron chi connectivity index (χ1n) is 9.37. The Morgan fingerprint density at radius 3 is 2.93 bits per heavy atom. The van der Waals surface area contributed by atoms with Gasteiger partial charge in [-0.25, -0.2) is 4.98 Å². The topological polar surface area (TPSA) is 68.2 Å². The summed E-state index contributed by atoms with van der Waals surface area (Å²) in [6.07, 6.45) is 2.56. The first kappa shape index (κ1) is 20.2. The number of benzene rings is 2. The van der Waals surface area contributed by atoms with Crippen molar-refractivity contribution in [2.45, 2.75) is 19.3 Å². The molecule has 0 radical (unpaired) electrons. The summed E-state index contributed by atoms with van der Waals surface area (Å²) in [6.45, 7) is 2.06. The lowest BCUT2D eigenvalue weighted by molar-refractivity contribution is -0.116. The molecule has 148 valence electrons. The Balaban J connectivity index is 0.00000225. The Kier molecular flexibility index (Phi) is 6.54. The number of aromatic nitrogens is 2. The number of carbonyl (C=O) groups is 1. The quantitative estimate of drug-likeness (QED) is 0.660. The van der Waals surface area contributed by atoms with Crippen LogP contribution in [0, 0.1) is 5.92 Å².